The summed E-state index contributed by atoms with van der Waals surface area (Å²) in [5.41, 5.74) is 1.92. The second-order valence-electron chi connectivity index (χ2n) is 4.86. The van der Waals surface area contributed by atoms with Crippen molar-refractivity contribution in [1.82, 2.24) is 9.38 Å². The van der Waals surface area contributed by atoms with Gasteiger partial charge in [0.05, 0.1) is 0 Å². The quantitative estimate of drug-likeness (QED) is 0.798. The number of imidazole rings is 1. The lowest BCUT2D eigenvalue weighted by Gasteiger charge is -2.17. The molecule has 0 amide bonds. The molecule has 0 unspecified atom stereocenters. The zero-order chi connectivity index (χ0) is 14.8. The van der Waals surface area contributed by atoms with Crippen molar-refractivity contribution in [2.75, 3.05) is 11.9 Å². The Morgan fingerprint density at radius 2 is 1.90 bits per heavy atom. The first-order valence-electron chi connectivity index (χ1n) is 6.62. The number of fused-ring (bicyclic) bond motifs is 1. The smallest absolute Gasteiger partial charge is 0.356 e. The van der Waals surface area contributed by atoms with E-state index in [1.165, 1.54) is 0 Å². The maximum atomic E-state index is 11.6. The summed E-state index contributed by atoms with van der Waals surface area (Å²) in [5.74, 6) is -0.513. The number of hydrogen-bond acceptors (Lipinski definition) is 3. The molecule has 0 spiro atoms. The van der Waals surface area contributed by atoms with Crippen LogP contribution in [0.3, 0.4) is 0 Å². The third kappa shape index (κ3) is 2.45. The van der Waals surface area contributed by atoms with Gasteiger partial charge in [0.1, 0.15) is 5.65 Å². The van der Waals surface area contributed by atoms with Crippen LogP contribution in [0.5, 0.6) is 0 Å². The molecule has 0 aliphatic rings. The van der Waals surface area contributed by atoms with Gasteiger partial charge >= 0.3 is 5.97 Å². The summed E-state index contributed by atoms with van der Waals surface area (Å²) in [5, 5.41) is 9.48. The van der Waals surface area contributed by atoms with Crippen LogP contribution in [-0.4, -0.2) is 27.5 Å². The van der Waals surface area contributed by atoms with Gasteiger partial charge in [-0.05, 0) is 17.7 Å². The van der Waals surface area contributed by atoms with Gasteiger partial charge in [0, 0.05) is 19.8 Å². The molecule has 0 aliphatic heterocycles. The van der Waals surface area contributed by atoms with Gasteiger partial charge in [-0.3, -0.25) is 4.40 Å². The molecule has 2 heterocycles. The average molecular weight is 281 g/mol. The number of nitrogens with zero attached hydrogens (tertiary/aromatic N) is 3. The molecule has 0 atom stereocenters. The van der Waals surface area contributed by atoms with Crippen LogP contribution >= 0.6 is 0 Å². The number of anilines is 1. The summed E-state index contributed by atoms with van der Waals surface area (Å²) in [4.78, 5) is 17.9. The predicted octanol–water partition coefficient (Wildman–Crippen LogP) is 2.67. The van der Waals surface area contributed by atoms with Gasteiger partial charge in [-0.2, -0.15) is 0 Å². The molecule has 0 saturated carbocycles. The lowest BCUT2D eigenvalue weighted by atomic mass is 10.2. The largest absolute Gasteiger partial charge is 0.476 e. The number of rotatable bonds is 4. The lowest BCUT2D eigenvalue weighted by molar-refractivity contribution is 0.0690. The molecule has 0 radical (unpaired) electrons. The van der Waals surface area contributed by atoms with E-state index in [0.29, 0.717) is 18.0 Å². The summed E-state index contributed by atoms with van der Waals surface area (Å²) < 4.78 is 1.60. The van der Waals surface area contributed by atoms with E-state index < -0.39 is 5.97 Å². The van der Waals surface area contributed by atoms with E-state index >= 15 is 0 Å². The third-order valence-corrected chi connectivity index (χ3v) is 3.34. The van der Waals surface area contributed by atoms with E-state index in [0.717, 1.165) is 5.56 Å². The summed E-state index contributed by atoms with van der Waals surface area (Å²) in [7, 11) is 1.85. The Labute approximate surface area is 122 Å². The number of carboxylic acid groups (broad SMARTS) is 1. The van der Waals surface area contributed by atoms with Crippen LogP contribution < -0.4 is 4.90 Å². The molecule has 21 heavy (non-hydrogen) atoms. The van der Waals surface area contributed by atoms with Crippen LogP contribution in [0, 0.1) is 0 Å². The van der Waals surface area contributed by atoms with Crippen LogP contribution in [0.25, 0.3) is 5.65 Å². The van der Waals surface area contributed by atoms with E-state index in [1.54, 1.807) is 22.7 Å². The summed E-state index contributed by atoms with van der Waals surface area (Å²) >= 11 is 0. The topological polar surface area (TPSA) is 57.8 Å². The van der Waals surface area contributed by atoms with Crippen LogP contribution in [0.15, 0.2) is 54.7 Å². The predicted molar refractivity (Wildman–Crippen MR) is 80.7 cm³/mol. The molecule has 2 aromatic heterocycles. The minimum atomic E-state index is -0.983. The van der Waals surface area contributed by atoms with E-state index in [4.69, 9.17) is 0 Å². The van der Waals surface area contributed by atoms with Crippen LogP contribution in [0.2, 0.25) is 0 Å². The first kappa shape index (κ1) is 13.2. The van der Waals surface area contributed by atoms with Crippen molar-refractivity contribution in [3.8, 4) is 0 Å². The van der Waals surface area contributed by atoms with Crippen LogP contribution in [-0.2, 0) is 6.54 Å². The minimum absolute atomic E-state index is 0.184. The molecule has 5 heteroatoms. The maximum Gasteiger partial charge on any atom is 0.356 e. The first-order valence-corrected chi connectivity index (χ1v) is 6.62. The summed E-state index contributed by atoms with van der Waals surface area (Å²) in [6, 6.07) is 15.3. The van der Waals surface area contributed by atoms with Crippen molar-refractivity contribution < 1.29 is 9.90 Å². The highest BCUT2D eigenvalue weighted by atomic mass is 16.4. The lowest BCUT2D eigenvalue weighted by Crippen LogP contribution is -2.19. The molecular formula is C16H15N3O2. The minimum Gasteiger partial charge on any atom is -0.476 e. The van der Waals surface area contributed by atoms with Gasteiger partial charge in [-0.15, -0.1) is 0 Å². The van der Waals surface area contributed by atoms with E-state index in [2.05, 4.69) is 4.98 Å². The standard InChI is InChI=1S/C16H15N3O2/c1-18(11-12-7-3-2-4-8-12)15-14(16(20)21)19-10-6-5-9-13(19)17-15/h2-10H,11H2,1H3,(H,20,21). The Morgan fingerprint density at radius 3 is 2.62 bits per heavy atom. The van der Waals surface area contributed by atoms with Crippen molar-refractivity contribution in [3.05, 3.63) is 66.0 Å². The molecule has 0 aliphatic carbocycles. The molecule has 1 N–H and O–H groups in total. The van der Waals surface area contributed by atoms with Gasteiger partial charge in [0.25, 0.3) is 0 Å². The molecule has 0 fully saturated rings. The number of aromatic carboxylic acids is 1. The molecule has 1 aromatic carbocycles. The number of carboxylic acids is 1. The number of carbonyl (C=O) groups is 1. The van der Waals surface area contributed by atoms with Crippen molar-refractivity contribution in [2.45, 2.75) is 6.54 Å². The molecule has 106 valence electrons. The fourth-order valence-electron chi connectivity index (χ4n) is 2.38. The van der Waals surface area contributed by atoms with Gasteiger partial charge < -0.3 is 10.0 Å². The zero-order valence-corrected chi connectivity index (χ0v) is 11.6. The van der Waals surface area contributed by atoms with Gasteiger partial charge in [0.2, 0.25) is 0 Å². The molecule has 5 nitrogen and oxygen atoms in total. The van der Waals surface area contributed by atoms with Crippen molar-refractivity contribution in [3.63, 3.8) is 0 Å². The Kier molecular flexibility index (Phi) is 3.31. The summed E-state index contributed by atoms with van der Waals surface area (Å²) in [6.45, 7) is 0.602. The number of hydrogen-bond donors (Lipinski definition) is 1. The second kappa shape index (κ2) is 5.28. The second-order valence-corrected chi connectivity index (χ2v) is 4.86. The highest BCUT2D eigenvalue weighted by Crippen LogP contribution is 2.22. The van der Waals surface area contributed by atoms with E-state index in [-0.39, 0.29) is 5.69 Å². The molecule has 0 saturated heterocycles. The Bertz CT molecular complexity index is 781. The van der Waals surface area contributed by atoms with Crippen molar-refractivity contribution >= 4 is 17.4 Å². The fraction of sp³-hybridized carbons (Fsp3) is 0.125. The van der Waals surface area contributed by atoms with Crippen LogP contribution in [0.4, 0.5) is 5.82 Å². The highest BCUT2D eigenvalue weighted by Gasteiger charge is 2.21. The summed E-state index contributed by atoms with van der Waals surface area (Å²) in [6.07, 6.45) is 1.71. The molecule has 3 aromatic rings. The van der Waals surface area contributed by atoms with E-state index in [1.807, 2.05) is 48.3 Å². The molecule has 3 rings (SSSR count). The molecule has 0 bridgehead atoms. The SMILES string of the molecule is CN(Cc1ccccc1)c1nc2ccccn2c1C(=O)O. The third-order valence-electron chi connectivity index (χ3n) is 3.34. The Balaban J connectivity index is 2.03. The van der Waals surface area contributed by atoms with Crippen LogP contribution in [0.1, 0.15) is 16.1 Å². The monoisotopic (exact) mass is 281 g/mol. The zero-order valence-electron chi connectivity index (χ0n) is 11.6. The fourth-order valence-corrected chi connectivity index (χ4v) is 2.38. The first-order chi connectivity index (χ1) is 10.2. The molecular weight excluding hydrogens is 266 g/mol. The Morgan fingerprint density at radius 1 is 1.19 bits per heavy atom. The highest BCUT2D eigenvalue weighted by molar-refractivity contribution is 5.93. The number of benzene rings is 1. The number of pyridine rings is 1. The average Bonchev–Trinajstić information content (AvgIpc) is 2.88. The normalized spacial score (nSPS) is 10.7. The van der Waals surface area contributed by atoms with Crippen molar-refractivity contribution in [1.29, 1.82) is 0 Å². The van der Waals surface area contributed by atoms with Gasteiger partial charge in [-0.1, -0.05) is 36.4 Å². The van der Waals surface area contributed by atoms with Gasteiger partial charge in [0.15, 0.2) is 11.5 Å². The van der Waals surface area contributed by atoms with E-state index in [9.17, 15) is 9.90 Å². The van der Waals surface area contributed by atoms with Crippen molar-refractivity contribution in [2.24, 2.45) is 0 Å². The van der Waals surface area contributed by atoms with Gasteiger partial charge in [-0.25, -0.2) is 9.78 Å². The number of aromatic nitrogens is 2. The maximum absolute atomic E-state index is 11.6. The Hall–Kier alpha value is -2.82.